The maximum Gasteiger partial charge on any atom is 0.416 e. The fraction of sp³-hybridized carbons (Fsp3) is 0.190. The number of alkyl halides is 3. The molecular formula is C21H16ClF4NO3S. The molecule has 0 heterocycles. The van der Waals surface area contributed by atoms with Gasteiger partial charge >= 0.3 is 6.18 Å². The molecule has 2 aromatic rings. The second-order valence-corrected chi connectivity index (χ2v) is 9.21. The molecule has 0 saturated carbocycles. The summed E-state index contributed by atoms with van der Waals surface area (Å²) < 4.78 is 78.5. The van der Waals surface area contributed by atoms with Crippen molar-refractivity contribution in [3.63, 3.8) is 0 Å². The molecule has 1 unspecified atom stereocenters. The highest BCUT2D eigenvalue weighted by atomic mass is 35.5. The molecule has 1 N–H and O–H groups in total. The number of halogens is 5. The van der Waals surface area contributed by atoms with Crippen LogP contribution in [-0.2, 0) is 16.0 Å². The summed E-state index contributed by atoms with van der Waals surface area (Å²) in [4.78, 5) is 11.7. The smallest absolute Gasteiger partial charge is 0.351 e. The first-order valence-electron chi connectivity index (χ1n) is 9.02. The van der Waals surface area contributed by atoms with Crippen molar-refractivity contribution in [2.75, 3.05) is 6.54 Å². The van der Waals surface area contributed by atoms with E-state index >= 15 is 0 Å². The molecule has 4 nitrogen and oxygen atoms in total. The van der Waals surface area contributed by atoms with Gasteiger partial charge in [0.15, 0.2) is 0 Å². The fourth-order valence-electron chi connectivity index (χ4n) is 3.13. The predicted molar refractivity (Wildman–Crippen MR) is 108 cm³/mol. The molecule has 0 aromatic heterocycles. The number of nitrogens with one attached hydrogen (secondary N) is 1. The largest absolute Gasteiger partial charge is 0.416 e. The molecule has 31 heavy (non-hydrogen) atoms. The van der Waals surface area contributed by atoms with E-state index in [1.54, 1.807) is 6.08 Å². The summed E-state index contributed by atoms with van der Waals surface area (Å²) in [5.41, 5.74) is -1.11. The van der Waals surface area contributed by atoms with Gasteiger partial charge in [-0.15, -0.1) is 0 Å². The number of carbonyl (C=O) groups is 1. The van der Waals surface area contributed by atoms with Crippen LogP contribution < -0.4 is 5.32 Å². The minimum Gasteiger partial charge on any atom is -0.351 e. The van der Waals surface area contributed by atoms with Crippen molar-refractivity contribution in [2.45, 2.75) is 17.5 Å². The lowest BCUT2D eigenvalue weighted by Gasteiger charge is -2.22. The number of amides is 1. The van der Waals surface area contributed by atoms with Crippen LogP contribution in [0.5, 0.6) is 0 Å². The molecule has 2 aromatic carbocycles. The molecule has 1 aliphatic rings. The zero-order valence-electron chi connectivity index (χ0n) is 15.8. The number of rotatable bonds is 5. The molecule has 0 fully saturated rings. The van der Waals surface area contributed by atoms with Gasteiger partial charge < -0.3 is 5.32 Å². The van der Waals surface area contributed by atoms with E-state index < -0.39 is 44.1 Å². The summed E-state index contributed by atoms with van der Waals surface area (Å²) in [6, 6.07) is 6.77. The first kappa shape index (κ1) is 23.0. The summed E-state index contributed by atoms with van der Waals surface area (Å²) >= 11 is 5.74. The van der Waals surface area contributed by atoms with Gasteiger partial charge in [0.1, 0.15) is 5.82 Å². The molecule has 0 spiro atoms. The van der Waals surface area contributed by atoms with E-state index in [9.17, 15) is 30.8 Å². The third-order valence-corrected chi connectivity index (χ3v) is 6.82. The van der Waals surface area contributed by atoms with Crippen molar-refractivity contribution in [3.8, 4) is 0 Å². The van der Waals surface area contributed by atoms with Crippen molar-refractivity contribution in [3.05, 3.63) is 87.6 Å². The van der Waals surface area contributed by atoms with Crippen molar-refractivity contribution in [2.24, 2.45) is 5.92 Å². The van der Waals surface area contributed by atoms with E-state index in [0.717, 1.165) is 30.3 Å². The molecule has 0 aliphatic heterocycles. The van der Waals surface area contributed by atoms with Crippen LogP contribution in [0.15, 0.2) is 70.5 Å². The van der Waals surface area contributed by atoms with E-state index in [2.05, 4.69) is 5.32 Å². The van der Waals surface area contributed by atoms with Crippen LogP contribution in [-0.4, -0.2) is 20.9 Å². The Morgan fingerprint density at radius 3 is 2.58 bits per heavy atom. The molecule has 0 saturated heterocycles. The van der Waals surface area contributed by atoms with Gasteiger partial charge in [0, 0.05) is 23.0 Å². The summed E-state index contributed by atoms with van der Waals surface area (Å²) in [6.07, 6.45) is 0.0291. The minimum atomic E-state index is -4.69. The first-order chi connectivity index (χ1) is 14.5. The van der Waals surface area contributed by atoms with Crippen molar-refractivity contribution in [1.29, 1.82) is 0 Å². The molecule has 0 bridgehead atoms. The number of carbonyl (C=O) groups excluding carboxylic acids is 1. The van der Waals surface area contributed by atoms with Gasteiger partial charge in [0.2, 0.25) is 9.84 Å². The molecule has 1 aliphatic carbocycles. The number of hydrogen-bond acceptors (Lipinski definition) is 3. The van der Waals surface area contributed by atoms with Gasteiger partial charge in [0.25, 0.3) is 5.91 Å². The maximum absolute atomic E-state index is 13.5. The Morgan fingerprint density at radius 2 is 1.90 bits per heavy atom. The Balaban J connectivity index is 1.82. The Labute approximate surface area is 181 Å². The highest BCUT2D eigenvalue weighted by Gasteiger charge is 2.34. The maximum atomic E-state index is 13.5. The molecule has 10 heteroatoms. The molecule has 1 amide bonds. The highest BCUT2D eigenvalue weighted by Crippen LogP contribution is 2.34. The lowest BCUT2D eigenvalue weighted by atomic mass is 10.0. The first-order valence-corrected chi connectivity index (χ1v) is 10.9. The molecule has 1 atom stereocenters. The van der Waals surface area contributed by atoms with Crippen LogP contribution in [0.1, 0.15) is 22.3 Å². The SMILES string of the molecule is O=C(NCC1CC=CC=C1S(=O)(=O)c1cccc(C(F)(F)F)c1)c1cc(F)cc(Cl)c1. The topological polar surface area (TPSA) is 63.2 Å². The van der Waals surface area contributed by atoms with Crippen LogP contribution in [0.4, 0.5) is 17.6 Å². The number of sulfone groups is 1. The Morgan fingerprint density at radius 1 is 1.16 bits per heavy atom. The summed E-state index contributed by atoms with van der Waals surface area (Å²) in [6.45, 7) is -0.124. The second-order valence-electron chi connectivity index (χ2n) is 6.83. The predicted octanol–water partition coefficient (Wildman–Crippen LogP) is 5.16. The Kier molecular flexibility index (Phi) is 6.56. The van der Waals surface area contributed by atoms with Crippen LogP contribution in [0.2, 0.25) is 5.02 Å². The normalized spacial score (nSPS) is 16.7. The quantitative estimate of drug-likeness (QED) is 0.610. The zero-order valence-corrected chi connectivity index (χ0v) is 17.4. The Hall–Kier alpha value is -2.65. The number of benzene rings is 2. The fourth-order valence-corrected chi connectivity index (χ4v) is 5.04. The average molecular weight is 474 g/mol. The standard InChI is InChI=1S/C21H16ClF4NO3S/c22-16-8-14(9-17(23)11-16)20(28)27-12-13-4-1-2-7-19(13)31(29,30)18-6-3-5-15(10-18)21(24,25)26/h1-3,5-11,13H,4,12H2,(H,27,28). The van der Waals surface area contributed by atoms with Gasteiger partial charge in [-0.05, 0) is 48.9 Å². The number of hydrogen-bond donors (Lipinski definition) is 1. The summed E-state index contributed by atoms with van der Waals surface area (Å²) in [7, 11) is -4.24. The van der Waals surface area contributed by atoms with E-state index in [-0.39, 0.29) is 28.5 Å². The molecule has 0 radical (unpaired) electrons. The monoisotopic (exact) mass is 473 g/mol. The summed E-state index contributed by atoms with van der Waals surface area (Å²) in [5, 5.41) is 2.56. The average Bonchev–Trinajstić information content (AvgIpc) is 2.71. The van der Waals surface area contributed by atoms with Crippen LogP contribution in [0, 0.1) is 11.7 Å². The third kappa shape index (κ3) is 5.34. The minimum absolute atomic E-state index is 0.0264. The van der Waals surface area contributed by atoms with Crippen molar-refractivity contribution < 1.29 is 30.8 Å². The van der Waals surface area contributed by atoms with Crippen LogP contribution in [0.3, 0.4) is 0 Å². The van der Waals surface area contributed by atoms with Crippen LogP contribution in [0.25, 0.3) is 0 Å². The van der Waals surface area contributed by atoms with Crippen molar-refractivity contribution in [1.82, 2.24) is 5.32 Å². The Bertz CT molecular complexity index is 1150. The van der Waals surface area contributed by atoms with E-state index in [1.807, 2.05) is 0 Å². The highest BCUT2D eigenvalue weighted by molar-refractivity contribution is 7.95. The number of allylic oxidation sites excluding steroid dienone is 3. The van der Waals surface area contributed by atoms with Gasteiger partial charge in [-0.25, -0.2) is 12.8 Å². The van der Waals surface area contributed by atoms with Gasteiger partial charge in [-0.2, -0.15) is 13.2 Å². The van der Waals surface area contributed by atoms with E-state index in [4.69, 9.17) is 11.6 Å². The van der Waals surface area contributed by atoms with Gasteiger partial charge in [0.05, 0.1) is 15.4 Å². The van der Waals surface area contributed by atoms with Gasteiger partial charge in [-0.3, -0.25) is 4.79 Å². The summed E-state index contributed by atoms with van der Waals surface area (Å²) in [5.74, 6) is -2.07. The molecule has 3 rings (SSSR count). The van der Waals surface area contributed by atoms with Crippen molar-refractivity contribution >= 4 is 27.3 Å². The molecule has 164 valence electrons. The lowest BCUT2D eigenvalue weighted by molar-refractivity contribution is -0.137. The third-order valence-electron chi connectivity index (χ3n) is 4.64. The van der Waals surface area contributed by atoms with E-state index in [1.165, 1.54) is 18.2 Å². The zero-order chi connectivity index (χ0) is 22.8. The molecular weight excluding hydrogens is 458 g/mol. The lowest BCUT2D eigenvalue weighted by Crippen LogP contribution is -2.32. The van der Waals surface area contributed by atoms with E-state index in [0.29, 0.717) is 6.07 Å². The second kappa shape index (κ2) is 8.84. The van der Waals surface area contributed by atoms with Gasteiger partial charge in [-0.1, -0.05) is 29.8 Å². The van der Waals surface area contributed by atoms with Crippen LogP contribution >= 0.6 is 11.6 Å².